The Balaban J connectivity index is 2.38. The van der Waals surface area contributed by atoms with Gasteiger partial charge in [0.2, 0.25) is 5.88 Å². The summed E-state index contributed by atoms with van der Waals surface area (Å²) in [6, 6.07) is 3.94. The largest absolute Gasteiger partial charge is 0.445 e. The molecular formula is C9H10N2O. The molecule has 0 aromatic carbocycles. The van der Waals surface area contributed by atoms with Crippen LogP contribution in [0.1, 0.15) is 5.56 Å². The van der Waals surface area contributed by atoms with Gasteiger partial charge in [0.15, 0.2) is 0 Å². The van der Waals surface area contributed by atoms with E-state index in [9.17, 15) is 0 Å². The zero-order chi connectivity index (χ0) is 8.39. The van der Waals surface area contributed by atoms with E-state index in [1.807, 2.05) is 30.3 Å². The van der Waals surface area contributed by atoms with Crippen LogP contribution < -0.4 is 4.74 Å². The summed E-state index contributed by atoms with van der Waals surface area (Å²) in [6.07, 6.45) is 5.28. The molecule has 0 amide bonds. The lowest BCUT2D eigenvalue weighted by Crippen LogP contribution is -2.08. The number of pyridine rings is 1. The molecule has 0 unspecified atom stereocenters. The minimum absolute atomic E-state index is 0.707. The van der Waals surface area contributed by atoms with Gasteiger partial charge in [0.05, 0.1) is 0 Å². The molecular weight excluding hydrogens is 152 g/mol. The van der Waals surface area contributed by atoms with Crippen LogP contribution in [0.25, 0.3) is 0 Å². The van der Waals surface area contributed by atoms with E-state index in [0.717, 1.165) is 12.1 Å². The molecule has 12 heavy (non-hydrogen) atoms. The number of ether oxygens (including phenoxy) is 1. The molecule has 0 saturated heterocycles. The Bertz CT molecular complexity index is 309. The van der Waals surface area contributed by atoms with Crippen molar-refractivity contribution >= 4 is 0 Å². The zero-order valence-corrected chi connectivity index (χ0v) is 6.90. The second kappa shape index (κ2) is 2.85. The third-order valence-corrected chi connectivity index (χ3v) is 1.76. The third kappa shape index (κ3) is 1.25. The fraction of sp³-hybridized carbons (Fsp3) is 0.222. The van der Waals surface area contributed by atoms with Gasteiger partial charge in [-0.1, -0.05) is 6.07 Å². The lowest BCUT2D eigenvalue weighted by molar-refractivity contribution is 0.447. The maximum Gasteiger partial charge on any atom is 0.223 e. The maximum absolute atomic E-state index is 5.29. The number of aromatic nitrogens is 1. The average molecular weight is 162 g/mol. The second-order valence-electron chi connectivity index (χ2n) is 2.79. The highest BCUT2D eigenvalue weighted by Gasteiger charge is 2.07. The van der Waals surface area contributed by atoms with Gasteiger partial charge in [-0.25, -0.2) is 4.98 Å². The van der Waals surface area contributed by atoms with Gasteiger partial charge < -0.3 is 9.64 Å². The summed E-state index contributed by atoms with van der Waals surface area (Å²) in [5.41, 5.74) is 1.12. The van der Waals surface area contributed by atoms with E-state index in [2.05, 4.69) is 4.98 Å². The predicted molar refractivity (Wildman–Crippen MR) is 45.5 cm³/mol. The summed E-state index contributed by atoms with van der Waals surface area (Å²) in [6.45, 7) is 0.847. The number of nitrogens with zero attached hydrogens (tertiary/aromatic N) is 2. The van der Waals surface area contributed by atoms with Crippen LogP contribution in [-0.2, 0) is 6.54 Å². The fourth-order valence-electron chi connectivity index (χ4n) is 1.17. The van der Waals surface area contributed by atoms with Gasteiger partial charge in [0.25, 0.3) is 0 Å². The third-order valence-electron chi connectivity index (χ3n) is 1.76. The van der Waals surface area contributed by atoms with Crippen molar-refractivity contribution in [2.24, 2.45) is 0 Å². The molecule has 1 aromatic heterocycles. The Morgan fingerprint density at radius 2 is 2.50 bits per heavy atom. The molecule has 2 rings (SSSR count). The van der Waals surface area contributed by atoms with Crippen LogP contribution in [0.4, 0.5) is 0 Å². The van der Waals surface area contributed by atoms with Crippen LogP contribution in [0.15, 0.2) is 30.8 Å². The number of hydrogen-bond acceptors (Lipinski definition) is 3. The Hall–Kier alpha value is -1.51. The van der Waals surface area contributed by atoms with Crippen LogP contribution in [0.2, 0.25) is 0 Å². The van der Waals surface area contributed by atoms with Crippen LogP contribution in [0, 0.1) is 0 Å². The van der Waals surface area contributed by atoms with Crippen LogP contribution in [-0.4, -0.2) is 16.9 Å². The Morgan fingerprint density at radius 3 is 3.42 bits per heavy atom. The van der Waals surface area contributed by atoms with E-state index in [-0.39, 0.29) is 0 Å². The van der Waals surface area contributed by atoms with Gasteiger partial charge in [-0.2, -0.15) is 0 Å². The van der Waals surface area contributed by atoms with Crippen molar-refractivity contribution in [2.75, 3.05) is 7.05 Å². The second-order valence-corrected chi connectivity index (χ2v) is 2.79. The minimum atomic E-state index is 0.707. The Labute approximate surface area is 71.3 Å². The van der Waals surface area contributed by atoms with Crippen molar-refractivity contribution < 1.29 is 4.74 Å². The summed E-state index contributed by atoms with van der Waals surface area (Å²) >= 11 is 0. The van der Waals surface area contributed by atoms with Crippen LogP contribution in [0.5, 0.6) is 5.88 Å². The number of hydrogen-bond donors (Lipinski definition) is 0. The maximum atomic E-state index is 5.29. The molecule has 3 nitrogen and oxygen atoms in total. The monoisotopic (exact) mass is 162 g/mol. The van der Waals surface area contributed by atoms with E-state index < -0.39 is 0 Å². The van der Waals surface area contributed by atoms with E-state index in [0.29, 0.717) is 5.88 Å². The number of rotatable bonds is 0. The summed E-state index contributed by atoms with van der Waals surface area (Å²) < 4.78 is 5.29. The van der Waals surface area contributed by atoms with Crippen molar-refractivity contribution in [3.05, 3.63) is 36.4 Å². The lowest BCUT2D eigenvalue weighted by Gasteiger charge is -2.10. The quantitative estimate of drug-likeness (QED) is 0.576. The highest BCUT2D eigenvalue weighted by Crippen LogP contribution is 2.18. The van der Waals surface area contributed by atoms with Crippen molar-refractivity contribution in [1.82, 2.24) is 9.88 Å². The number of fused-ring (bicyclic) bond motifs is 1. The molecule has 0 radical (unpaired) electrons. The molecule has 1 aliphatic rings. The first-order valence-electron chi connectivity index (χ1n) is 3.84. The SMILES string of the molecule is CN1C=COc2ncccc2C1. The molecule has 0 fully saturated rings. The standard InChI is InChI=1S/C9H10N2O/c1-11-5-6-12-9-8(7-11)3-2-4-10-9/h2-6H,7H2,1H3. The highest BCUT2D eigenvalue weighted by atomic mass is 16.5. The van der Waals surface area contributed by atoms with Crippen LogP contribution >= 0.6 is 0 Å². The van der Waals surface area contributed by atoms with E-state index in [1.165, 1.54) is 0 Å². The molecule has 0 spiro atoms. The Morgan fingerprint density at radius 1 is 1.58 bits per heavy atom. The molecule has 3 heteroatoms. The molecule has 0 aliphatic carbocycles. The molecule has 0 N–H and O–H groups in total. The summed E-state index contributed by atoms with van der Waals surface area (Å²) in [5, 5.41) is 0. The molecule has 1 aliphatic heterocycles. The molecule has 0 saturated carbocycles. The van der Waals surface area contributed by atoms with Gasteiger partial charge in [-0.3, -0.25) is 0 Å². The molecule has 2 heterocycles. The van der Waals surface area contributed by atoms with Gasteiger partial charge in [0.1, 0.15) is 6.26 Å². The van der Waals surface area contributed by atoms with Gasteiger partial charge in [-0.05, 0) is 6.07 Å². The summed E-state index contributed by atoms with van der Waals surface area (Å²) in [7, 11) is 2.00. The summed E-state index contributed by atoms with van der Waals surface area (Å²) in [5.74, 6) is 0.707. The molecule has 0 bridgehead atoms. The van der Waals surface area contributed by atoms with Gasteiger partial charge in [0, 0.05) is 31.6 Å². The van der Waals surface area contributed by atoms with Crippen molar-refractivity contribution in [1.29, 1.82) is 0 Å². The molecule has 0 atom stereocenters. The lowest BCUT2D eigenvalue weighted by atomic mass is 10.2. The van der Waals surface area contributed by atoms with Crippen molar-refractivity contribution in [3.63, 3.8) is 0 Å². The molecule has 62 valence electrons. The van der Waals surface area contributed by atoms with E-state index in [1.54, 1.807) is 12.5 Å². The first-order valence-corrected chi connectivity index (χ1v) is 3.84. The zero-order valence-electron chi connectivity index (χ0n) is 6.90. The van der Waals surface area contributed by atoms with Gasteiger partial charge >= 0.3 is 0 Å². The normalized spacial score (nSPS) is 14.9. The van der Waals surface area contributed by atoms with Crippen LogP contribution in [0.3, 0.4) is 0 Å². The minimum Gasteiger partial charge on any atom is -0.445 e. The average Bonchev–Trinajstić information content (AvgIpc) is 2.25. The first kappa shape index (κ1) is 7.16. The van der Waals surface area contributed by atoms with E-state index in [4.69, 9.17) is 4.74 Å². The van der Waals surface area contributed by atoms with Crippen molar-refractivity contribution in [2.45, 2.75) is 6.54 Å². The van der Waals surface area contributed by atoms with Crippen molar-refractivity contribution in [3.8, 4) is 5.88 Å². The predicted octanol–water partition coefficient (Wildman–Crippen LogP) is 1.38. The smallest absolute Gasteiger partial charge is 0.223 e. The highest BCUT2D eigenvalue weighted by molar-refractivity contribution is 5.27. The topological polar surface area (TPSA) is 25.4 Å². The first-order chi connectivity index (χ1) is 5.86. The fourth-order valence-corrected chi connectivity index (χ4v) is 1.17. The molecule has 1 aromatic rings. The van der Waals surface area contributed by atoms with Gasteiger partial charge in [-0.15, -0.1) is 0 Å². The summed E-state index contributed by atoms with van der Waals surface area (Å²) in [4.78, 5) is 6.16. The van der Waals surface area contributed by atoms with E-state index >= 15 is 0 Å². The Kier molecular flexibility index (Phi) is 1.70.